The molecule has 1 aromatic carbocycles. The minimum absolute atomic E-state index is 0.0786. The number of nitrogens with one attached hydrogen (secondary N) is 1. The van der Waals surface area contributed by atoms with Crippen LogP contribution in [0.1, 0.15) is 45.2 Å². The first-order chi connectivity index (χ1) is 12.6. The standard InChI is InChI=1S/C22H35N3O2/c1-16(2)10-11-23-20(26)22(5,6)21(27)25-14-12-24(13-15-25)19-9-7-8-17(3)18(19)4/h7-9,16H,10-15H2,1-6H3,(H,23,26). The summed E-state index contributed by atoms with van der Waals surface area (Å²) in [6.45, 7) is 15.5. The van der Waals surface area contributed by atoms with E-state index in [2.05, 4.69) is 56.1 Å². The molecular weight excluding hydrogens is 338 g/mol. The van der Waals surface area contributed by atoms with Gasteiger partial charge in [0.15, 0.2) is 0 Å². The van der Waals surface area contributed by atoms with E-state index in [1.807, 2.05) is 4.90 Å². The van der Waals surface area contributed by atoms with E-state index in [1.165, 1.54) is 16.8 Å². The Balaban J connectivity index is 1.95. The number of anilines is 1. The van der Waals surface area contributed by atoms with Gasteiger partial charge in [-0.2, -0.15) is 0 Å². The summed E-state index contributed by atoms with van der Waals surface area (Å²) in [6.07, 6.45) is 0.921. The third kappa shape index (κ3) is 5.02. The van der Waals surface area contributed by atoms with Crippen LogP contribution < -0.4 is 10.2 Å². The van der Waals surface area contributed by atoms with Gasteiger partial charge in [-0.15, -0.1) is 0 Å². The van der Waals surface area contributed by atoms with Crippen LogP contribution in [0.3, 0.4) is 0 Å². The molecule has 1 N–H and O–H groups in total. The van der Waals surface area contributed by atoms with E-state index >= 15 is 0 Å². The molecule has 150 valence electrons. The lowest BCUT2D eigenvalue weighted by molar-refractivity contribution is -0.148. The molecule has 1 saturated heterocycles. The summed E-state index contributed by atoms with van der Waals surface area (Å²) in [5.41, 5.74) is 2.79. The summed E-state index contributed by atoms with van der Waals surface area (Å²) in [7, 11) is 0. The highest BCUT2D eigenvalue weighted by molar-refractivity contribution is 6.04. The zero-order valence-electron chi connectivity index (χ0n) is 17.8. The van der Waals surface area contributed by atoms with E-state index in [-0.39, 0.29) is 11.8 Å². The van der Waals surface area contributed by atoms with Crippen molar-refractivity contribution in [2.45, 2.75) is 48.0 Å². The van der Waals surface area contributed by atoms with Gasteiger partial charge in [0.2, 0.25) is 11.8 Å². The highest BCUT2D eigenvalue weighted by Gasteiger charge is 2.39. The Morgan fingerprint density at radius 2 is 1.74 bits per heavy atom. The smallest absolute Gasteiger partial charge is 0.237 e. The minimum Gasteiger partial charge on any atom is -0.368 e. The number of aryl methyl sites for hydroxylation is 1. The van der Waals surface area contributed by atoms with Crippen LogP contribution in [0.15, 0.2) is 18.2 Å². The number of piperazine rings is 1. The second-order valence-electron chi connectivity index (χ2n) is 8.56. The fourth-order valence-electron chi connectivity index (χ4n) is 3.42. The predicted octanol–water partition coefficient (Wildman–Crippen LogP) is 3.14. The van der Waals surface area contributed by atoms with Gasteiger partial charge >= 0.3 is 0 Å². The van der Waals surface area contributed by atoms with E-state index < -0.39 is 5.41 Å². The molecule has 0 aromatic heterocycles. The summed E-state index contributed by atoms with van der Waals surface area (Å²) in [5.74, 6) is 0.276. The molecule has 0 atom stereocenters. The van der Waals surface area contributed by atoms with Crippen LogP contribution >= 0.6 is 0 Å². The molecule has 0 bridgehead atoms. The van der Waals surface area contributed by atoms with Crippen LogP contribution in [0.4, 0.5) is 5.69 Å². The van der Waals surface area contributed by atoms with Gasteiger partial charge in [-0.1, -0.05) is 26.0 Å². The van der Waals surface area contributed by atoms with Crippen molar-refractivity contribution in [1.82, 2.24) is 10.2 Å². The van der Waals surface area contributed by atoms with Gasteiger partial charge in [0.25, 0.3) is 0 Å². The molecule has 27 heavy (non-hydrogen) atoms. The molecule has 5 heteroatoms. The SMILES string of the molecule is Cc1cccc(N2CCN(C(=O)C(C)(C)C(=O)NCCC(C)C)CC2)c1C. The van der Waals surface area contributed by atoms with E-state index in [4.69, 9.17) is 0 Å². The summed E-state index contributed by atoms with van der Waals surface area (Å²) < 4.78 is 0. The molecule has 0 saturated carbocycles. The van der Waals surface area contributed by atoms with E-state index in [1.54, 1.807) is 13.8 Å². The van der Waals surface area contributed by atoms with Crippen molar-refractivity contribution < 1.29 is 9.59 Å². The van der Waals surface area contributed by atoms with Crippen LogP contribution in [0.2, 0.25) is 0 Å². The number of carbonyl (C=O) groups is 2. The van der Waals surface area contributed by atoms with Crippen molar-refractivity contribution in [2.24, 2.45) is 11.3 Å². The zero-order chi connectivity index (χ0) is 20.2. The van der Waals surface area contributed by atoms with Crippen LogP contribution in [-0.4, -0.2) is 49.4 Å². The van der Waals surface area contributed by atoms with Gasteiger partial charge in [0.05, 0.1) is 0 Å². The van der Waals surface area contributed by atoms with Gasteiger partial charge < -0.3 is 15.1 Å². The molecule has 0 radical (unpaired) electrons. The van der Waals surface area contributed by atoms with E-state index in [0.29, 0.717) is 25.6 Å². The lowest BCUT2D eigenvalue weighted by Gasteiger charge is -2.39. The van der Waals surface area contributed by atoms with Gasteiger partial charge in [0.1, 0.15) is 5.41 Å². The number of carbonyl (C=O) groups excluding carboxylic acids is 2. The largest absolute Gasteiger partial charge is 0.368 e. The highest BCUT2D eigenvalue weighted by atomic mass is 16.2. The van der Waals surface area contributed by atoms with Crippen LogP contribution in [0, 0.1) is 25.2 Å². The molecule has 0 spiro atoms. The first-order valence-electron chi connectivity index (χ1n) is 10.0. The van der Waals surface area contributed by atoms with Crippen molar-refractivity contribution in [2.75, 3.05) is 37.6 Å². The Labute approximate surface area is 164 Å². The van der Waals surface area contributed by atoms with Crippen LogP contribution in [-0.2, 0) is 9.59 Å². The number of amides is 2. The quantitative estimate of drug-likeness (QED) is 0.780. The first kappa shape index (κ1) is 21.3. The lowest BCUT2D eigenvalue weighted by atomic mass is 9.89. The third-order valence-electron chi connectivity index (χ3n) is 5.59. The summed E-state index contributed by atoms with van der Waals surface area (Å²) in [6, 6.07) is 6.35. The van der Waals surface area contributed by atoms with Crippen molar-refractivity contribution in [1.29, 1.82) is 0 Å². The molecule has 0 aliphatic carbocycles. The van der Waals surface area contributed by atoms with Crippen molar-refractivity contribution in [3.63, 3.8) is 0 Å². The van der Waals surface area contributed by atoms with Crippen molar-refractivity contribution in [3.8, 4) is 0 Å². The molecule has 1 aliphatic rings. The molecule has 2 amide bonds. The molecule has 1 fully saturated rings. The third-order valence-corrected chi connectivity index (χ3v) is 5.59. The lowest BCUT2D eigenvalue weighted by Crippen LogP contribution is -2.55. The van der Waals surface area contributed by atoms with Gasteiger partial charge in [-0.3, -0.25) is 9.59 Å². The average molecular weight is 374 g/mol. The van der Waals surface area contributed by atoms with Crippen molar-refractivity contribution in [3.05, 3.63) is 29.3 Å². The average Bonchev–Trinajstić information content (AvgIpc) is 2.63. The second-order valence-corrected chi connectivity index (χ2v) is 8.56. The molecule has 5 nitrogen and oxygen atoms in total. The maximum atomic E-state index is 13.0. The Bertz CT molecular complexity index is 674. The molecule has 1 aliphatic heterocycles. The topological polar surface area (TPSA) is 52.7 Å². The second kappa shape index (κ2) is 8.77. The van der Waals surface area contributed by atoms with Crippen LogP contribution in [0.5, 0.6) is 0 Å². The van der Waals surface area contributed by atoms with Crippen LogP contribution in [0.25, 0.3) is 0 Å². The Morgan fingerprint density at radius 1 is 1.11 bits per heavy atom. The summed E-state index contributed by atoms with van der Waals surface area (Å²) >= 11 is 0. The number of hydrogen-bond donors (Lipinski definition) is 1. The molecule has 1 aromatic rings. The summed E-state index contributed by atoms with van der Waals surface area (Å²) in [5, 5.41) is 2.93. The van der Waals surface area contributed by atoms with Gasteiger partial charge in [-0.25, -0.2) is 0 Å². The first-order valence-corrected chi connectivity index (χ1v) is 10.0. The predicted molar refractivity (Wildman–Crippen MR) is 111 cm³/mol. The minimum atomic E-state index is -1.03. The zero-order valence-corrected chi connectivity index (χ0v) is 17.8. The number of rotatable bonds is 6. The molecule has 2 rings (SSSR count). The van der Waals surface area contributed by atoms with Crippen molar-refractivity contribution >= 4 is 17.5 Å². The van der Waals surface area contributed by atoms with Gasteiger partial charge in [-0.05, 0) is 57.2 Å². The normalized spacial score (nSPS) is 15.2. The number of benzene rings is 1. The Morgan fingerprint density at radius 3 is 2.33 bits per heavy atom. The fourth-order valence-corrected chi connectivity index (χ4v) is 3.42. The fraction of sp³-hybridized carbons (Fsp3) is 0.636. The van der Waals surface area contributed by atoms with E-state index in [9.17, 15) is 9.59 Å². The number of hydrogen-bond acceptors (Lipinski definition) is 3. The Hall–Kier alpha value is -2.04. The van der Waals surface area contributed by atoms with E-state index in [0.717, 1.165) is 19.5 Å². The Kier molecular flexibility index (Phi) is 6.90. The maximum Gasteiger partial charge on any atom is 0.237 e. The van der Waals surface area contributed by atoms with Gasteiger partial charge in [0, 0.05) is 38.4 Å². The monoisotopic (exact) mass is 373 g/mol. The number of nitrogens with zero attached hydrogens (tertiary/aromatic N) is 2. The molecule has 1 heterocycles. The summed E-state index contributed by atoms with van der Waals surface area (Å²) in [4.78, 5) is 29.7. The molecule has 0 unspecified atom stereocenters. The highest BCUT2D eigenvalue weighted by Crippen LogP contribution is 2.26. The molecular formula is C22H35N3O2. The maximum absolute atomic E-state index is 13.0.